The lowest BCUT2D eigenvalue weighted by atomic mass is 9.96. The normalized spacial score (nSPS) is 35.7. The molecule has 3 saturated heterocycles. The van der Waals surface area contributed by atoms with Crippen LogP contribution in [0.4, 0.5) is 0 Å². The Morgan fingerprint density at radius 3 is 2.22 bits per heavy atom. The van der Waals surface area contributed by atoms with Gasteiger partial charge in [0.1, 0.15) is 48.3 Å². The summed E-state index contributed by atoms with van der Waals surface area (Å²) < 4.78 is 46.1. The second-order valence-corrected chi connectivity index (χ2v) is 13.2. The summed E-state index contributed by atoms with van der Waals surface area (Å²) in [5.74, 6) is -2.55. The quantitative estimate of drug-likeness (QED) is 0.0570. The fourth-order valence-corrected chi connectivity index (χ4v) is 6.18. The van der Waals surface area contributed by atoms with Crippen LogP contribution in [-0.2, 0) is 49.1 Å². The minimum absolute atomic E-state index is 0.135. The first-order valence-corrected chi connectivity index (χ1v) is 17.0. The molecule has 2 aromatic carbocycles. The molecule has 0 aromatic heterocycles. The molecule has 0 amide bonds. The molecule has 54 heavy (non-hydrogen) atoms. The van der Waals surface area contributed by atoms with Crippen LogP contribution in [0.15, 0.2) is 42.5 Å². The summed E-state index contributed by atoms with van der Waals surface area (Å²) in [6.07, 6.45) is -15.9. The first-order chi connectivity index (χ1) is 25.6. The molecule has 19 heteroatoms. The van der Waals surface area contributed by atoms with E-state index in [-0.39, 0.29) is 36.9 Å². The first kappa shape index (κ1) is 41.5. The van der Waals surface area contributed by atoms with Crippen molar-refractivity contribution in [2.45, 2.75) is 92.8 Å². The molecule has 3 fully saturated rings. The van der Waals surface area contributed by atoms with E-state index >= 15 is 0 Å². The largest absolute Gasteiger partial charge is 0.504 e. The van der Waals surface area contributed by atoms with Gasteiger partial charge in [0, 0.05) is 13.2 Å². The van der Waals surface area contributed by atoms with Crippen molar-refractivity contribution < 1.29 is 93.8 Å². The van der Waals surface area contributed by atoms with Crippen LogP contribution >= 0.6 is 0 Å². The summed E-state index contributed by atoms with van der Waals surface area (Å²) in [4.78, 5) is 13.3. The molecule has 3 aliphatic rings. The highest BCUT2D eigenvalue weighted by Crippen LogP contribution is 2.34. The van der Waals surface area contributed by atoms with Gasteiger partial charge in [0.25, 0.3) is 0 Å². The number of methoxy groups -OCH3 is 1. The van der Waals surface area contributed by atoms with E-state index in [0.717, 1.165) is 6.08 Å². The van der Waals surface area contributed by atoms with E-state index in [1.807, 2.05) is 0 Å². The minimum Gasteiger partial charge on any atom is -0.504 e. The SMILES string of the molecule is CO[C@H]1[C@@H](OC[C@H]2O[C@@H](OCCc3ccc(O)c(O)c3)[C@H](O)[C@H](O[C@@H]3O[C@H](C)[C@H](O)[C@@H](O)[C@H]3O)[C@@H]2OC(=O)C=Cc2ccc(O)c(O)c2)OC[C@]1(O)CO. The number of phenolic OH excluding ortho intramolecular Hbond substituents is 4. The van der Waals surface area contributed by atoms with Crippen molar-refractivity contribution >= 4 is 12.0 Å². The Hall–Kier alpha value is -3.67. The van der Waals surface area contributed by atoms with Crippen LogP contribution in [0.25, 0.3) is 6.08 Å². The number of esters is 1. The zero-order valence-electron chi connectivity index (χ0n) is 29.2. The number of phenols is 4. The van der Waals surface area contributed by atoms with Crippen LogP contribution in [0, 0.1) is 0 Å². The molecule has 19 nitrogen and oxygen atoms in total. The fraction of sp³-hybridized carbons (Fsp3) is 0.571. The zero-order chi connectivity index (χ0) is 39.3. The fourth-order valence-electron chi connectivity index (χ4n) is 6.18. The lowest BCUT2D eigenvalue weighted by Crippen LogP contribution is -2.65. The lowest BCUT2D eigenvalue weighted by molar-refractivity contribution is -0.360. The molecular formula is C35H46O19. The summed E-state index contributed by atoms with van der Waals surface area (Å²) in [5.41, 5.74) is -0.978. The highest BCUT2D eigenvalue weighted by molar-refractivity contribution is 5.87. The molecular weight excluding hydrogens is 724 g/mol. The maximum atomic E-state index is 13.3. The monoisotopic (exact) mass is 770 g/mol. The van der Waals surface area contributed by atoms with E-state index in [9.17, 15) is 55.9 Å². The van der Waals surface area contributed by atoms with Gasteiger partial charge in [0.05, 0.1) is 32.5 Å². The number of aliphatic hydroxyl groups excluding tert-OH is 5. The maximum absolute atomic E-state index is 13.3. The summed E-state index contributed by atoms with van der Waals surface area (Å²) in [6.45, 7) is -0.324. The number of aromatic hydroxyl groups is 4. The van der Waals surface area contributed by atoms with E-state index in [1.54, 1.807) is 0 Å². The number of aliphatic hydroxyl groups is 6. The highest BCUT2D eigenvalue weighted by Gasteiger charge is 2.54. The van der Waals surface area contributed by atoms with Crippen LogP contribution < -0.4 is 0 Å². The van der Waals surface area contributed by atoms with Crippen LogP contribution in [0.5, 0.6) is 23.0 Å². The van der Waals surface area contributed by atoms with Crippen molar-refractivity contribution in [3.05, 3.63) is 53.6 Å². The van der Waals surface area contributed by atoms with E-state index in [1.165, 1.54) is 56.5 Å². The molecule has 3 heterocycles. The van der Waals surface area contributed by atoms with Gasteiger partial charge in [-0.25, -0.2) is 4.79 Å². The molecule has 0 unspecified atom stereocenters. The van der Waals surface area contributed by atoms with E-state index in [2.05, 4.69) is 0 Å². The number of hydrogen-bond donors (Lipinski definition) is 10. The number of carbonyl (C=O) groups excluding carboxylic acids is 1. The van der Waals surface area contributed by atoms with Crippen molar-refractivity contribution in [2.24, 2.45) is 0 Å². The summed E-state index contributed by atoms with van der Waals surface area (Å²) >= 11 is 0. The van der Waals surface area contributed by atoms with E-state index in [4.69, 9.17) is 37.9 Å². The summed E-state index contributed by atoms with van der Waals surface area (Å²) in [5, 5.41) is 103. The Morgan fingerprint density at radius 1 is 0.852 bits per heavy atom. The van der Waals surface area contributed by atoms with Crippen molar-refractivity contribution in [2.75, 3.05) is 33.5 Å². The van der Waals surface area contributed by atoms with Gasteiger partial charge in [-0.05, 0) is 54.8 Å². The Morgan fingerprint density at radius 2 is 1.56 bits per heavy atom. The minimum atomic E-state index is -1.84. The molecule has 0 spiro atoms. The molecule has 2 aromatic rings. The average molecular weight is 771 g/mol. The third kappa shape index (κ3) is 9.40. The smallest absolute Gasteiger partial charge is 0.331 e. The second kappa shape index (κ2) is 17.9. The van der Waals surface area contributed by atoms with Gasteiger partial charge >= 0.3 is 5.97 Å². The van der Waals surface area contributed by atoms with Gasteiger partial charge in [-0.1, -0.05) is 12.1 Å². The Kier molecular flexibility index (Phi) is 13.7. The van der Waals surface area contributed by atoms with Crippen molar-refractivity contribution in [3.8, 4) is 23.0 Å². The number of hydrogen-bond acceptors (Lipinski definition) is 19. The predicted molar refractivity (Wildman–Crippen MR) is 179 cm³/mol. The highest BCUT2D eigenvalue weighted by atomic mass is 16.8. The maximum Gasteiger partial charge on any atom is 0.331 e. The predicted octanol–water partition coefficient (Wildman–Crippen LogP) is -1.90. The number of ether oxygens (including phenoxy) is 8. The second-order valence-electron chi connectivity index (χ2n) is 13.2. The van der Waals surface area contributed by atoms with Gasteiger partial charge in [0.15, 0.2) is 48.0 Å². The van der Waals surface area contributed by atoms with Gasteiger partial charge in [-0.3, -0.25) is 0 Å². The molecule has 5 rings (SSSR count). The molecule has 300 valence electrons. The Balaban J connectivity index is 1.43. The Bertz CT molecular complexity index is 1590. The number of carbonyl (C=O) groups is 1. The number of rotatable bonds is 14. The summed E-state index contributed by atoms with van der Waals surface area (Å²) in [6, 6.07) is 7.91. The average Bonchev–Trinajstić information content (AvgIpc) is 3.48. The van der Waals surface area contributed by atoms with Crippen LogP contribution in [-0.4, -0.2) is 170 Å². The van der Waals surface area contributed by atoms with Crippen LogP contribution in [0.1, 0.15) is 18.1 Å². The van der Waals surface area contributed by atoms with Crippen molar-refractivity contribution in [1.29, 1.82) is 0 Å². The molecule has 10 N–H and O–H groups in total. The molecule has 0 saturated carbocycles. The number of benzene rings is 2. The topological polar surface area (TPSA) is 293 Å². The third-order valence-corrected chi connectivity index (χ3v) is 9.32. The molecule has 13 atom stereocenters. The summed E-state index contributed by atoms with van der Waals surface area (Å²) in [7, 11) is 1.26. The Labute approximate surface area is 308 Å². The van der Waals surface area contributed by atoms with E-state index < -0.39 is 104 Å². The molecule has 0 radical (unpaired) electrons. The first-order valence-electron chi connectivity index (χ1n) is 17.0. The van der Waals surface area contributed by atoms with Gasteiger partial charge in [-0.2, -0.15) is 0 Å². The van der Waals surface area contributed by atoms with Crippen molar-refractivity contribution in [1.82, 2.24) is 0 Å². The molecule has 3 aliphatic heterocycles. The third-order valence-electron chi connectivity index (χ3n) is 9.32. The van der Waals surface area contributed by atoms with Gasteiger partial charge in [0.2, 0.25) is 0 Å². The van der Waals surface area contributed by atoms with E-state index in [0.29, 0.717) is 11.1 Å². The lowest BCUT2D eigenvalue weighted by Gasteiger charge is -2.46. The zero-order valence-corrected chi connectivity index (χ0v) is 29.2. The van der Waals surface area contributed by atoms with Crippen LogP contribution in [0.3, 0.4) is 0 Å². The van der Waals surface area contributed by atoms with Crippen LogP contribution in [0.2, 0.25) is 0 Å². The van der Waals surface area contributed by atoms with Gasteiger partial charge < -0.3 is 89.0 Å². The standard InChI is InChI=1S/C35H46O19/c1-16-25(42)26(43)27(44)33(51-16)54-30-28(45)32(48-10-9-18-4-7-20(38)22(40)12-18)52-23(13-49-34-31(47-2)35(46,14-36)15-50-34)29(30)53-24(41)8-5-17-3-6-19(37)21(39)11-17/h3-8,11-12,16,23,25-34,36-40,42-46H,9-10,13-15H2,1-2H3/t16-,23-,25+,26-,27-,28-,29-,30+,31+,32-,33+,34+,35-/m1/s1. The molecule has 0 bridgehead atoms. The van der Waals surface area contributed by atoms with Crippen molar-refractivity contribution in [3.63, 3.8) is 0 Å². The molecule has 0 aliphatic carbocycles. The van der Waals surface area contributed by atoms with Gasteiger partial charge in [-0.15, -0.1) is 0 Å².